The number of carboxylic acids is 1. The lowest BCUT2D eigenvalue weighted by Gasteiger charge is -2.19. The van der Waals surface area contributed by atoms with E-state index in [9.17, 15) is 24.8 Å². The van der Waals surface area contributed by atoms with Gasteiger partial charge in [-0.25, -0.2) is 9.59 Å². The molecule has 0 amide bonds. The third-order valence-corrected chi connectivity index (χ3v) is 3.67. The summed E-state index contributed by atoms with van der Waals surface area (Å²) in [5.74, 6) is -1.26. The predicted molar refractivity (Wildman–Crippen MR) is 86.8 cm³/mol. The molecule has 24 heavy (non-hydrogen) atoms. The molecule has 0 saturated carbocycles. The van der Waals surface area contributed by atoms with Gasteiger partial charge >= 0.3 is 11.7 Å². The Labute approximate surface area is 137 Å². The maximum absolute atomic E-state index is 12.0. The molecule has 1 aromatic heterocycles. The summed E-state index contributed by atoms with van der Waals surface area (Å²) in [4.78, 5) is 35.6. The summed E-state index contributed by atoms with van der Waals surface area (Å²) >= 11 is 0. The van der Waals surface area contributed by atoms with Gasteiger partial charge in [0.25, 0.3) is 5.56 Å². The monoisotopic (exact) mass is 328 g/mol. The van der Waals surface area contributed by atoms with E-state index in [1.54, 1.807) is 30.3 Å². The summed E-state index contributed by atoms with van der Waals surface area (Å²) in [5.41, 5.74) is -0.957. The highest BCUT2D eigenvalue weighted by Crippen LogP contribution is 2.12. The van der Waals surface area contributed by atoms with Crippen molar-refractivity contribution in [2.24, 2.45) is 14.1 Å². The lowest BCUT2D eigenvalue weighted by molar-refractivity contribution is -0.137. The molecule has 2 rings (SSSR count). The number of nitriles is 1. The van der Waals surface area contributed by atoms with Crippen LogP contribution < -0.4 is 16.6 Å². The van der Waals surface area contributed by atoms with E-state index in [0.717, 1.165) is 14.7 Å². The largest absolute Gasteiger partial charge is 0.480 e. The number of carbonyl (C=O) groups is 1. The second kappa shape index (κ2) is 6.83. The first-order valence-corrected chi connectivity index (χ1v) is 7.10. The average molecular weight is 328 g/mol. The summed E-state index contributed by atoms with van der Waals surface area (Å²) in [6.07, 6.45) is 0.129. The van der Waals surface area contributed by atoms with Crippen LogP contribution in [0.4, 0.5) is 5.82 Å². The van der Waals surface area contributed by atoms with E-state index in [0.29, 0.717) is 0 Å². The first kappa shape index (κ1) is 17.0. The summed E-state index contributed by atoms with van der Waals surface area (Å²) in [6, 6.07) is 9.54. The molecule has 0 unspecified atom stereocenters. The molecule has 2 aromatic rings. The topological polar surface area (TPSA) is 117 Å². The maximum atomic E-state index is 12.0. The summed E-state index contributed by atoms with van der Waals surface area (Å²) < 4.78 is 1.86. The van der Waals surface area contributed by atoms with E-state index in [4.69, 9.17) is 0 Å². The van der Waals surface area contributed by atoms with Crippen molar-refractivity contribution in [2.75, 3.05) is 5.32 Å². The number of carboxylic acid groups (broad SMARTS) is 1. The zero-order valence-corrected chi connectivity index (χ0v) is 13.2. The fourth-order valence-electron chi connectivity index (χ4n) is 2.33. The first-order chi connectivity index (χ1) is 11.4. The van der Waals surface area contributed by atoms with Crippen LogP contribution in [0.5, 0.6) is 0 Å². The van der Waals surface area contributed by atoms with Gasteiger partial charge in [0.15, 0.2) is 5.56 Å². The van der Waals surface area contributed by atoms with Gasteiger partial charge in [-0.3, -0.25) is 13.9 Å². The van der Waals surface area contributed by atoms with Gasteiger partial charge in [0.1, 0.15) is 17.9 Å². The first-order valence-electron chi connectivity index (χ1n) is 7.10. The molecular weight excluding hydrogens is 312 g/mol. The van der Waals surface area contributed by atoms with Gasteiger partial charge in [-0.15, -0.1) is 0 Å². The third kappa shape index (κ3) is 3.20. The highest BCUT2D eigenvalue weighted by Gasteiger charge is 2.23. The van der Waals surface area contributed by atoms with Crippen molar-refractivity contribution in [1.82, 2.24) is 9.13 Å². The molecular formula is C16H16N4O4. The number of benzene rings is 1. The van der Waals surface area contributed by atoms with E-state index >= 15 is 0 Å². The van der Waals surface area contributed by atoms with E-state index in [1.165, 1.54) is 14.1 Å². The van der Waals surface area contributed by atoms with E-state index in [1.807, 2.05) is 6.07 Å². The van der Waals surface area contributed by atoms with Crippen molar-refractivity contribution in [3.63, 3.8) is 0 Å². The van der Waals surface area contributed by atoms with Gasteiger partial charge in [-0.1, -0.05) is 30.3 Å². The fraction of sp³-hybridized carbons (Fsp3) is 0.250. The van der Waals surface area contributed by atoms with Crippen LogP contribution in [0.2, 0.25) is 0 Å². The molecule has 0 aliphatic rings. The molecule has 0 radical (unpaired) electrons. The molecule has 0 fully saturated rings. The van der Waals surface area contributed by atoms with Crippen molar-refractivity contribution in [1.29, 1.82) is 5.26 Å². The Kier molecular flexibility index (Phi) is 4.84. The zero-order valence-electron chi connectivity index (χ0n) is 13.2. The van der Waals surface area contributed by atoms with Crippen molar-refractivity contribution in [3.8, 4) is 6.07 Å². The van der Waals surface area contributed by atoms with Crippen LogP contribution >= 0.6 is 0 Å². The van der Waals surface area contributed by atoms with Gasteiger partial charge in [0.2, 0.25) is 0 Å². The van der Waals surface area contributed by atoms with Gasteiger partial charge in [-0.05, 0) is 5.56 Å². The van der Waals surface area contributed by atoms with Crippen LogP contribution in [-0.4, -0.2) is 26.3 Å². The van der Waals surface area contributed by atoms with Crippen LogP contribution in [0, 0.1) is 11.3 Å². The highest BCUT2D eigenvalue weighted by molar-refractivity contribution is 5.78. The fourth-order valence-corrected chi connectivity index (χ4v) is 2.33. The minimum absolute atomic E-state index is 0.103. The number of aromatic nitrogens is 2. The Morgan fingerprint density at radius 1 is 1.25 bits per heavy atom. The Hall–Kier alpha value is -3.34. The normalized spacial score (nSPS) is 11.5. The molecule has 2 N–H and O–H groups in total. The van der Waals surface area contributed by atoms with Crippen molar-refractivity contribution in [3.05, 3.63) is 62.3 Å². The highest BCUT2D eigenvalue weighted by atomic mass is 16.4. The number of anilines is 1. The molecule has 8 heteroatoms. The molecule has 1 atom stereocenters. The lowest BCUT2D eigenvalue weighted by Crippen LogP contribution is -2.42. The SMILES string of the molecule is Cn1c(N[C@H](Cc2ccccc2)C(=O)O)c(C#N)c(=O)n(C)c1=O. The second-order valence-electron chi connectivity index (χ2n) is 5.27. The summed E-state index contributed by atoms with van der Waals surface area (Å²) in [6.45, 7) is 0. The predicted octanol–water partition coefficient (Wildman–Crippen LogP) is 0.0635. The van der Waals surface area contributed by atoms with Gasteiger partial charge < -0.3 is 10.4 Å². The Bertz CT molecular complexity index is 922. The van der Waals surface area contributed by atoms with Crippen LogP contribution in [-0.2, 0) is 25.3 Å². The molecule has 8 nitrogen and oxygen atoms in total. The molecule has 0 spiro atoms. The van der Waals surface area contributed by atoms with E-state index in [2.05, 4.69) is 5.32 Å². The molecule has 0 bridgehead atoms. The van der Waals surface area contributed by atoms with Crippen molar-refractivity contribution < 1.29 is 9.90 Å². The number of nitrogens with one attached hydrogen (secondary N) is 1. The molecule has 0 aliphatic carbocycles. The number of aliphatic carboxylic acids is 1. The van der Waals surface area contributed by atoms with Crippen molar-refractivity contribution in [2.45, 2.75) is 12.5 Å². The molecule has 1 aromatic carbocycles. The number of nitrogens with zero attached hydrogens (tertiary/aromatic N) is 3. The van der Waals surface area contributed by atoms with Crippen molar-refractivity contribution >= 4 is 11.8 Å². The van der Waals surface area contributed by atoms with Crippen LogP contribution in [0.3, 0.4) is 0 Å². The van der Waals surface area contributed by atoms with Crippen LogP contribution in [0.1, 0.15) is 11.1 Å². The number of rotatable bonds is 5. The maximum Gasteiger partial charge on any atom is 0.332 e. The Morgan fingerprint density at radius 2 is 1.88 bits per heavy atom. The minimum Gasteiger partial charge on any atom is -0.480 e. The van der Waals surface area contributed by atoms with Crippen LogP contribution in [0.25, 0.3) is 0 Å². The van der Waals surface area contributed by atoms with Gasteiger partial charge in [0, 0.05) is 20.5 Å². The Balaban J connectivity index is 2.48. The average Bonchev–Trinajstić information content (AvgIpc) is 2.58. The second-order valence-corrected chi connectivity index (χ2v) is 5.27. The zero-order chi connectivity index (χ0) is 17.9. The molecule has 0 aliphatic heterocycles. The summed E-state index contributed by atoms with van der Waals surface area (Å²) in [7, 11) is 2.63. The van der Waals surface area contributed by atoms with E-state index in [-0.39, 0.29) is 17.8 Å². The van der Waals surface area contributed by atoms with E-state index < -0.39 is 23.3 Å². The molecule has 124 valence electrons. The van der Waals surface area contributed by atoms with Gasteiger partial charge in [-0.2, -0.15) is 5.26 Å². The lowest BCUT2D eigenvalue weighted by atomic mass is 10.1. The van der Waals surface area contributed by atoms with Gasteiger partial charge in [0.05, 0.1) is 0 Å². The quantitative estimate of drug-likeness (QED) is 0.802. The number of hydrogen-bond donors (Lipinski definition) is 2. The summed E-state index contributed by atoms with van der Waals surface area (Å²) in [5, 5.41) is 21.3. The van der Waals surface area contributed by atoms with Crippen LogP contribution in [0.15, 0.2) is 39.9 Å². The minimum atomic E-state index is -1.16. The Morgan fingerprint density at radius 3 is 2.42 bits per heavy atom. The molecule has 0 saturated heterocycles. The smallest absolute Gasteiger partial charge is 0.332 e. The molecule has 1 heterocycles. The third-order valence-electron chi connectivity index (χ3n) is 3.67. The number of hydrogen-bond acceptors (Lipinski definition) is 5. The standard InChI is InChI=1S/C16H16N4O4/c1-19-13(11(9-17)14(21)20(2)16(19)24)18-12(15(22)23)8-10-6-4-3-5-7-10/h3-7,12,18H,8H2,1-2H3,(H,22,23)/t12-/m1/s1.